The summed E-state index contributed by atoms with van der Waals surface area (Å²) < 4.78 is 1.05. The maximum atomic E-state index is 5.65. The van der Waals surface area contributed by atoms with Crippen LogP contribution in [0.15, 0.2) is 29.3 Å². The summed E-state index contributed by atoms with van der Waals surface area (Å²) in [7, 11) is 0. The molecule has 0 radical (unpaired) electrons. The Balaban J connectivity index is 3.09. The largest absolute Gasteiger partial charge is 0.122 e. The second-order valence-electron chi connectivity index (χ2n) is 2.19. The Bertz CT molecular complexity index is 268. The number of benzene rings is 1. The van der Waals surface area contributed by atoms with E-state index in [1.807, 2.05) is 24.3 Å². The minimum Gasteiger partial charge on any atom is -0.122 e. The van der Waals surface area contributed by atoms with E-state index < -0.39 is 0 Å². The van der Waals surface area contributed by atoms with Crippen LogP contribution in [0.1, 0.15) is 11.1 Å². The molecule has 0 nitrogen and oxygen atoms in total. The minimum absolute atomic E-state index is 0.552. The highest BCUT2D eigenvalue weighted by Crippen LogP contribution is 2.20. The van der Waals surface area contributed by atoms with Crippen LogP contribution in [0.25, 0.3) is 6.08 Å². The SMILES string of the molecule is C=Cc1ccc(CCl)cc1Br. The molecule has 0 spiro atoms. The van der Waals surface area contributed by atoms with E-state index in [9.17, 15) is 0 Å². The van der Waals surface area contributed by atoms with Crippen molar-refractivity contribution in [2.24, 2.45) is 0 Å². The summed E-state index contributed by atoms with van der Waals surface area (Å²) in [6.45, 7) is 3.68. The molecule has 0 unspecified atom stereocenters. The molecule has 0 aliphatic carbocycles. The zero-order chi connectivity index (χ0) is 8.27. The van der Waals surface area contributed by atoms with Gasteiger partial charge in [-0.05, 0) is 17.2 Å². The number of hydrogen-bond donors (Lipinski definition) is 0. The van der Waals surface area contributed by atoms with Crippen molar-refractivity contribution in [2.75, 3.05) is 0 Å². The van der Waals surface area contributed by atoms with Crippen molar-refractivity contribution in [2.45, 2.75) is 5.88 Å². The molecular weight excluding hydrogens is 223 g/mol. The molecule has 0 amide bonds. The number of hydrogen-bond acceptors (Lipinski definition) is 0. The zero-order valence-corrected chi connectivity index (χ0v) is 8.32. The fourth-order valence-corrected chi connectivity index (χ4v) is 1.57. The van der Waals surface area contributed by atoms with Crippen LogP contribution in [0.5, 0.6) is 0 Å². The highest BCUT2D eigenvalue weighted by atomic mass is 79.9. The molecule has 0 saturated carbocycles. The van der Waals surface area contributed by atoms with Gasteiger partial charge in [-0.3, -0.25) is 0 Å². The van der Waals surface area contributed by atoms with Gasteiger partial charge in [-0.25, -0.2) is 0 Å². The molecule has 0 atom stereocenters. The van der Waals surface area contributed by atoms with Crippen LogP contribution >= 0.6 is 27.5 Å². The van der Waals surface area contributed by atoms with Crippen LogP contribution in [0, 0.1) is 0 Å². The normalized spacial score (nSPS) is 9.64. The maximum Gasteiger partial charge on any atom is 0.0474 e. The van der Waals surface area contributed by atoms with Crippen molar-refractivity contribution in [3.63, 3.8) is 0 Å². The van der Waals surface area contributed by atoms with Crippen molar-refractivity contribution < 1.29 is 0 Å². The smallest absolute Gasteiger partial charge is 0.0474 e. The van der Waals surface area contributed by atoms with Gasteiger partial charge in [-0.15, -0.1) is 11.6 Å². The molecule has 1 rings (SSSR count). The zero-order valence-electron chi connectivity index (χ0n) is 5.98. The molecule has 1 aromatic carbocycles. The molecule has 0 fully saturated rings. The Morgan fingerprint density at radius 3 is 2.73 bits per heavy atom. The third kappa shape index (κ3) is 2.08. The van der Waals surface area contributed by atoms with E-state index in [2.05, 4.69) is 22.5 Å². The van der Waals surface area contributed by atoms with Gasteiger partial charge in [0.2, 0.25) is 0 Å². The van der Waals surface area contributed by atoms with Gasteiger partial charge in [-0.2, -0.15) is 0 Å². The van der Waals surface area contributed by atoms with Crippen molar-refractivity contribution in [3.8, 4) is 0 Å². The Kier molecular flexibility index (Phi) is 3.16. The lowest BCUT2D eigenvalue weighted by Crippen LogP contribution is -1.80. The van der Waals surface area contributed by atoms with Crippen LogP contribution in [0.2, 0.25) is 0 Å². The van der Waals surface area contributed by atoms with Gasteiger partial charge in [0, 0.05) is 10.4 Å². The van der Waals surface area contributed by atoms with Crippen LogP contribution in [0.3, 0.4) is 0 Å². The molecule has 58 valence electrons. The summed E-state index contributed by atoms with van der Waals surface area (Å²) in [6, 6.07) is 5.99. The Morgan fingerprint density at radius 1 is 1.55 bits per heavy atom. The molecule has 0 aliphatic rings. The van der Waals surface area contributed by atoms with Crippen LogP contribution < -0.4 is 0 Å². The molecule has 2 heteroatoms. The van der Waals surface area contributed by atoms with Crippen molar-refractivity contribution in [1.29, 1.82) is 0 Å². The van der Waals surface area contributed by atoms with Crippen molar-refractivity contribution in [3.05, 3.63) is 40.4 Å². The summed E-state index contributed by atoms with van der Waals surface area (Å²) in [5, 5.41) is 0. The van der Waals surface area contributed by atoms with E-state index in [1.54, 1.807) is 0 Å². The average Bonchev–Trinajstić information content (AvgIpc) is 2.04. The number of rotatable bonds is 2. The average molecular weight is 232 g/mol. The fraction of sp³-hybridized carbons (Fsp3) is 0.111. The molecule has 1 aromatic rings. The van der Waals surface area contributed by atoms with E-state index >= 15 is 0 Å². The van der Waals surface area contributed by atoms with E-state index in [4.69, 9.17) is 11.6 Å². The lowest BCUT2D eigenvalue weighted by Gasteiger charge is -1.99. The van der Waals surface area contributed by atoms with Crippen LogP contribution in [-0.2, 0) is 5.88 Å². The first kappa shape index (κ1) is 8.82. The summed E-state index contributed by atoms with van der Waals surface area (Å²) in [6.07, 6.45) is 1.81. The van der Waals surface area contributed by atoms with Gasteiger partial charge in [-0.1, -0.05) is 40.7 Å². The lowest BCUT2D eigenvalue weighted by molar-refractivity contribution is 1.38. The standard InChI is InChI=1S/C9H8BrCl/c1-2-8-4-3-7(6-11)5-9(8)10/h2-5H,1,6H2. The third-order valence-corrected chi connectivity index (χ3v) is 2.43. The Morgan fingerprint density at radius 2 is 2.27 bits per heavy atom. The van der Waals surface area contributed by atoms with Crippen LogP contribution in [-0.4, -0.2) is 0 Å². The molecule has 0 N–H and O–H groups in total. The van der Waals surface area contributed by atoms with Crippen molar-refractivity contribution >= 4 is 33.6 Å². The number of alkyl halides is 1. The van der Waals surface area contributed by atoms with Gasteiger partial charge in [0.15, 0.2) is 0 Å². The molecule has 0 saturated heterocycles. The van der Waals surface area contributed by atoms with Gasteiger partial charge < -0.3 is 0 Å². The predicted octanol–water partition coefficient (Wildman–Crippen LogP) is 3.83. The third-order valence-electron chi connectivity index (χ3n) is 1.44. The summed E-state index contributed by atoms with van der Waals surface area (Å²) in [5.41, 5.74) is 2.21. The molecule has 11 heavy (non-hydrogen) atoms. The lowest BCUT2D eigenvalue weighted by atomic mass is 10.1. The number of halogens is 2. The van der Waals surface area contributed by atoms with E-state index in [1.165, 1.54) is 0 Å². The highest BCUT2D eigenvalue weighted by molar-refractivity contribution is 9.10. The maximum absolute atomic E-state index is 5.65. The van der Waals surface area contributed by atoms with Gasteiger partial charge in [0.1, 0.15) is 0 Å². The van der Waals surface area contributed by atoms with Gasteiger partial charge in [0.05, 0.1) is 0 Å². The summed E-state index contributed by atoms with van der Waals surface area (Å²) >= 11 is 9.07. The Hall–Kier alpha value is -0.270. The molecule has 0 bridgehead atoms. The quantitative estimate of drug-likeness (QED) is 0.679. The van der Waals surface area contributed by atoms with Crippen LogP contribution in [0.4, 0.5) is 0 Å². The van der Waals surface area contributed by atoms with E-state index in [0.29, 0.717) is 5.88 Å². The van der Waals surface area contributed by atoms with E-state index in [0.717, 1.165) is 15.6 Å². The van der Waals surface area contributed by atoms with Crippen molar-refractivity contribution in [1.82, 2.24) is 0 Å². The summed E-state index contributed by atoms with van der Waals surface area (Å²) in [5.74, 6) is 0.552. The first-order chi connectivity index (χ1) is 5.27. The topological polar surface area (TPSA) is 0 Å². The minimum atomic E-state index is 0.552. The fourth-order valence-electron chi connectivity index (χ4n) is 0.819. The molecule has 0 heterocycles. The monoisotopic (exact) mass is 230 g/mol. The summed E-state index contributed by atoms with van der Waals surface area (Å²) in [4.78, 5) is 0. The molecule has 0 aliphatic heterocycles. The first-order valence-corrected chi connectivity index (χ1v) is 4.57. The second-order valence-corrected chi connectivity index (χ2v) is 3.32. The van der Waals surface area contributed by atoms with E-state index in [-0.39, 0.29) is 0 Å². The predicted molar refractivity (Wildman–Crippen MR) is 53.8 cm³/mol. The van der Waals surface area contributed by atoms with Gasteiger partial charge in [0.25, 0.3) is 0 Å². The first-order valence-electron chi connectivity index (χ1n) is 3.24. The molecular formula is C9H8BrCl. The molecule has 0 aromatic heterocycles. The highest BCUT2D eigenvalue weighted by Gasteiger charge is 1.96. The second kappa shape index (κ2) is 3.93. The Labute approximate surface area is 80.0 Å². The van der Waals surface area contributed by atoms with Gasteiger partial charge >= 0.3 is 0 Å².